The quantitative estimate of drug-likeness (QED) is 0.603. The van der Waals surface area contributed by atoms with Crippen molar-refractivity contribution in [3.8, 4) is 5.88 Å². The molecule has 0 amide bonds. The largest absolute Gasteiger partial charge is 0.474 e. The lowest BCUT2D eigenvalue weighted by Crippen LogP contribution is -2.45. The van der Waals surface area contributed by atoms with Gasteiger partial charge in [0.25, 0.3) is 0 Å². The Hall–Kier alpha value is -2.60. The van der Waals surface area contributed by atoms with Crippen LogP contribution in [0, 0.1) is 0 Å². The van der Waals surface area contributed by atoms with E-state index in [2.05, 4.69) is 44.9 Å². The smallest absolute Gasteiger partial charge is 0.213 e. The van der Waals surface area contributed by atoms with Gasteiger partial charge < -0.3 is 20.1 Å². The predicted molar refractivity (Wildman–Crippen MR) is 114 cm³/mol. The first-order valence-electron chi connectivity index (χ1n) is 10.5. The summed E-state index contributed by atoms with van der Waals surface area (Å²) in [5.74, 6) is 1.51. The molecule has 2 aromatic rings. The van der Waals surface area contributed by atoms with E-state index in [9.17, 15) is 0 Å². The van der Waals surface area contributed by atoms with Gasteiger partial charge in [-0.15, -0.1) is 0 Å². The van der Waals surface area contributed by atoms with Crippen LogP contribution in [0.25, 0.3) is 0 Å². The lowest BCUT2D eigenvalue weighted by atomic mass is 9.88. The van der Waals surface area contributed by atoms with Crippen LogP contribution >= 0.6 is 0 Å². The average Bonchev–Trinajstić information content (AvgIpc) is 2.77. The first-order chi connectivity index (χ1) is 14.3. The monoisotopic (exact) mass is 394 g/mol. The maximum absolute atomic E-state index is 6.02. The van der Waals surface area contributed by atoms with Gasteiger partial charge in [-0.25, -0.2) is 4.98 Å². The van der Waals surface area contributed by atoms with Gasteiger partial charge in [-0.05, 0) is 42.0 Å². The number of rotatable bonds is 5. The molecule has 2 N–H and O–H groups in total. The summed E-state index contributed by atoms with van der Waals surface area (Å²) in [7, 11) is 1.82. The van der Waals surface area contributed by atoms with Crippen molar-refractivity contribution in [3.05, 3.63) is 59.3 Å². The minimum atomic E-state index is 0.197. The molecule has 1 aromatic heterocycles. The number of aryl methyl sites for hydroxylation is 1. The second-order valence-electron chi connectivity index (χ2n) is 7.71. The molecule has 0 spiro atoms. The van der Waals surface area contributed by atoms with E-state index in [0.717, 1.165) is 56.8 Å². The van der Waals surface area contributed by atoms with E-state index < -0.39 is 0 Å². The Morgan fingerprint density at radius 3 is 2.83 bits per heavy atom. The van der Waals surface area contributed by atoms with Gasteiger partial charge in [0.2, 0.25) is 5.88 Å². The van der Waals surface area contributed by atoms with Crippen LogP contribution in [0.15, 0.2) is 47.6 Å². The summed E-state index contributed by atoms with van der Waals surface area (Å²) in [5, 5.41) is 7.00. The van der Waals surface area contributed by atoms with Crippen LogP contribution in [0.3, 0.4) is 0 Å². The molecule has 6 heteroatoms. The van der Waals surface area contributed by atoms with Gasteiger partial charge in [-0.1, -0.05) is 24.3 Å². The van der Waals surface area contributed by atoms with E-state index in [1.807, 2.05) is 19.2 Å². The third-order valence-corrected chi connectivity index (χ3v) is 5.63. The van der Waals surface area contributed by atoms with Gasteiger partial charge in [0, 0.05) is 44.7 Å². The number of nitrogens with one attached hydrogen (secondary N) is 2. The summed E-state index contributed by atoms with van der Waals surface area (Å²) in [6.45, 7) is 2.20. The highest BCUT2D eigenvalue weighted by atomic mass is 16.5. The van der Waals surface area contributed by atoms with Crippen LogP contribution in [0.2, 0.25) is 0 Å². The summed E-state index contributed by atoms with van der Waals surface area (Å²) < 4.78 is 11.4. The third kappa shape index (κ3) is 5.48. The Morgan fingerprint density at radius 2 is 2.00 bits per heavy atom. The molecule has 1 saturated heterocycles. The van der Waals surface area contributed by atoms with Crippen LogP contribution in [0.1, 0.15) is 36.0 Å². The van der Waals surface area contributed by atoms with Crippen molar-refractivity contribution in [1.29, 1.82) is 0 Å². The van der Waals surface area contributed by atoms with E-state index in [1.54, 1.807) is 6.20 Å². The number of nitrogens with zero attached hydrogens (tertiary/aromatic N) is 2. The van der Waals surface area contributed by atoms with Crippen molar-refractivity contribution in [2.75, 3.05) is 20.3 Å². The molecule has 4 rings (SSSR count). The second kappa shape index (κ2) is 9.74. The van der Waals surface area contributed by atoms with E-state index in [1.165, 1.54) is 11.1 Å². The van der Waals surface area contributed by atoms with Crippen LogP contribution < -0.4 is 15.4 Å². The Morgan fingerprint density at radius 1 is 1.17 bits per heavy atom. The fourth-order valence-corrected chi connectivity index (χ4v) is 3.98. The molecular weight excluding hydrogens is 364 g/mol. The fourth-order valence-electron chi connectivity index (χ4n) is 3.98. The van der Waals surface area contributed by atoms with Gasteiger partial charge >= 0.3 is 0 Å². The predicted octanol–water partition coefficient (Wildman–Crippen LogP) is 2.86. The third-order valence-electron chi connectivity index (χ3n) is 5.63. The molecule has 1 aliphatic carbocycles. The van der Waals surface area contributed by atoms with Gasteiger partial charge in [-0.3, -0.25) is 4.99 Å². The molecule has 1 atom stereocenters. The fraction of sp³-hybridized carbons (Fsp3) is 0.478. The van der Waals surface area contributed by atoms with E-state index in [-0.39, 0.29) is 6.10 Å². The highest BCUT2D eigenvalue weighted by Crippen LogP contribution is 2.21. The molecular formula is C23H30N4O2. The molecule has 0 bridgehead atoms. The van der Waals surface area contributed by atoms with E-state index in [0.29, 0.717) is 18.5 Å². The summed E-state index contributed by atoms with van der Waals surface area (Å²) >= 11 is 0. The lowest BCUT2D eigenvalue weighted by Gasteiger charge is -2.27. The molecule has 1 aliphatic heterocycles. The number of aromatic nitrogens is 1. The van der Waals surface area contributed by atoms with Crippen LogP contribution in [-0.4, -0.2) is 43.4 Å². The highest BCUT2D eigenvalue weighted by molar-refractivity contribution is 5.80. The topological polar surface area (TPSA) is 67.8 Å². The highest BCUT2D eigenvalue weighted by Gasteiger charge is 2.19. The molecule has 2 aliphatic rings. The minimum absolute atomic E-state index is 0.197. The van der Waals surface area contributed by atoms with Crippen molar-refractivity contribution in [2.24, 2.45) is 4.99 Å². The van der Waals surface area contributed by atoms with Crippen LogP contribution in [-0.2, 0) is 24.1 Å². The summed E-state index contributed by atoms with van der Waals surface area (Å²) in [6.07, 6.45) is 7.12. The zero-order chi connectivity index (χ0) is 19.9. The molecule has 1 aromatic carbocycles. The maximum Gasteiger partial charge on any atom is 0.213 e. The zero-order valence-corrected chi connectivity index (χ0v) is 17.1. The number of hydrogen-bond donors (Lipinski definition) is 2. The zero-order valence-electron chi connectivity index (χ0n) is 17.1. The molecule has 6 nitrogen and oxygen atoms in total. The number of fused-ring (bicyclic) bond motifs is 1. The molecule has 1 unspecified atom stereocenters. The Kier molecular flexibility index (Phi) is 6.62. The number of ether oxygens (including phenoxy) is 2. The maximum atomic E-state index is 6.02. The number of guanidine groups is 1. The molecule has 1 fully saturated rings. The van der Waals surface area contributed by atoms with Crippen LogP contribution in [0.5, 0.6) is 5.88 Å². The van der Waals surface area contributed by atoms with Crippen molar-refractivity contribution in [3.63, 3.8) is 0 Å². The van der Waals surface area contributed by atoms with E-state index >= 15 is 0 Å². The van der Waals surface area contributed by atoms with Crippen LogP contribution in [0.4, 0.5) is 0 Å². The molecule has 0 saturated carbocycles. The average molecular weight is 395 g/mol. The molecule has 154 valence electrons. The number of hydrogen-bond acceptors (Lipinski definition) is 4. The second-order valence-corrected chi connectivity index (χ2v) is 7.71. The Bertz CT molecular complexity index is 833. The van der Waals surface area contributed by atoms with Gasteiger partial charge in [0.05, 0.1) is 13.2 Å². The number of aliphatic imine (C=N–C) groups is 1. The normalized spacial score (nSPS) is 20.0. The lowest BCUT2D eigenvalue weighted by molar-refractivity contribution is 0.0237. The first-order valence-corrected chi connectivity index (χ1v) is 10.5. The van der Waals surface area contributed by atoms with Gasteiger partial charge in [0.1, 0.15) is 6.10 Å². The number of pyridine rings is 1. The van der Waals surface area contributed by atoms with Crippen molar-refractivity contribution in [2.45, 2.75) is 50.8 Å². The van der Waals surface area contributed by atoms with Crippen molar-refractivity contribution in [1.82, 2.24) is 15.6 Å². The van der Waals surface area contributed by atoms with E-state index in [4.69, 9.17) is 9.47 Å². The minimum Gasteiger partial charge on any atom is -0.474 e. The number of benzene rings is 1. The summed E-state index contributed by atoms with van der Waals surface area (Å²) in [5.41, 5.74) is 4.04. The molecule has 2 heterocycles. The molecule has 29 heavy (non-hydrogen) atoms. The van der Waals surface area contributed by atoms with Crippen molar-refractivity contribution >= 4 is 5.96 Å². The Balaban J connectivity index is 1.29. The Labute approximate surface area is 172 Å². The summed E-state index contributed by atoms with van der Waals surface area (Å²) in [4.78, 5) is 8.76. The first kappa shape index (κ1) is 19.7. The summed E-state index contributed by atoms with van der Waals surface area (Å²) in [6, 6.07) is 13.1. The van der Waals surface area contributed by atoms with Gasteiger partial charge in [0.15, 0.2) is 5.96 Å². The SMILES string of the molecule is CN=C(NCc1ccnc(OC2CCOCC2)c1)NC1CCc2ccccc2C1. The van der Waals surface area contributed by atoms with Crippen molar-refractivity contribution < 1.29 is 9.47 Å². The molecule has 0 radical (unpaired) electrons. The standard InChI is InChI=1S/C23H30N4O2/c1-24-23(27-20-7-6-18-4-2-3-5-19(18)15-20)26-16-17-8-11-25-22(14-17)29-21-9-12-28-13-10-21/h2-5,8,11,14,20-21H,6-7,9-10,12-13,15-16H2,1H3,(H2,24,26,27). The van der Waals surface area contributed by atoms with Gasteiger partial charge in [-0.2, -0.15) is 0 Å².